The van der Waals surface area contributed by atoms with Crippen LogP contribution in [0.25, 0.3) is 0 Å². The Morgan fingerprint density at radius 3 is 2.76 bits per heavy atom. The molecule has 2 N–H and O–H groups in total. The number of carbonyl (C=O) groups is 1. The van der Waals surface area contributed by atoms with Gasteiger partial charge in [-0.2, -0.15) is 0 Å². The fourth-order valence-electron chi connectivity index (χ4n) is 1.25. The summed E-state index contributed by atoms with van der Waals surface area (Å²) in [5, 5.41) is 16.0. The molecule has 0 atom stereocenters. The number of nitro benzene ring substituents is 1. The molecule has 6 nitrogen and oxygen atoms in total. The van der Waals surface area contributed by atoms with Crippen molar-refractivity contribution in [2.45, 2.75) is 6.54 Å². The summed E-state index contributed by atoms with van der Waals surface area (Å²) in [5.41, 5.74) is 0.770. The zero-order valence-electron chi connectivity index (χ0n) is 9.20. The van der Waals surface area contributed by atoms with Crippen molar-refractivity contribution in [3.05, 3.63) is 38.3 Å². The van der Waals surface area contributed by atoms with Gasteiger partial charge in [-0.1, -0.05) is 15.9 Å². The van der Waals surface area contributed by atoms with E-state index >= 15 is 0 Å². The normalized spacial score (nSPS) is 10.0. The third kappa shape index (κ3) is 4.49. The van der Waals surface area contributed by atoms with Gasteiger partial charge in [-0.3, -0.25) is 14.9 Å². The van der Waals surface area contributed by atoms with Crippen LogP contribution in [0.4, 0.5) is 5.69 Å². The second-order valence-corrected chi connectivity index (χ2v) is 4.27. The fourth-order valence-corrected chi connectivity index (χ4v) is 1.78. The fraction of sp³-hybridized carbons (Fsp3) is 0.300. The maximum Gasteiger partial charge on any atom is 0.270 e. The Kier molecular flexibility index (Phi) is 5.05. The molecule has 0 heterocycles. The van der Waals surface area contributed by atoms with Gasteiger partial charge in [0.2, 0.25) is 5.91 Å². The van der Waals surface area contributed by atoms with Crippen molar-refractivity contribution in [2.75, 3.05) is 13.6 Å². The van der Waals surface area contributed by atoms with Crippen LogP contribution in [0.15, 0.2) is 22.7 Å². The van der Waals surface area contributed by atoms with E-state index in [2.05, 4.69) is 26.6 Å². The number of carbonyl (C=O) groups excluding carboxylic acids is 1. The third-order valence-corrected chi connectivity index (χ3v) is 2.50. The van der Waals surface area contributed by atoms with Gasteiger partial charge in [-0.25, -0.2) is 0 Å². The maximum absolute atomic E-state index is 11.0. The van der Waals surface area contributed by atoms with Gasteiger partial charge in [0.05, 0.1) is 11.5 Å². The quantitative estimate of drug-likeness (QED) is 0.632. The van der Waals surface area contributed by atoms with Crippen LogP contribution in [-0.4, -0.2) is 24.4 Å². The van der Waals surface area contributed by atoms with Crippen molar-refractivity contribution in [1.29, 1.82) is 0 Å². The molecule has 0 spiro atoms. The molecule has 0 radical (unpaired) electrons. The molecule has 0 aliphatic carbocycles. The molecule has 0 aromatic heterocycles. The molecule has 0 aliphatic rings. The lowest BCUT2D eigenvalue weighted by atomic mass is 10.2. The first-order chi connectivity index (χ1) is 8.02. The Labute approximate surface area is 107 Å². The molecular formula is C10H12BrN3O3. The average molecular weight is 302 g/mol. The summed E-state index contributed by atoms with van der Waals surface area (Å²) in [7, 11) is 1.55. The number of hydrogen-bond acceptors (Lipinski definition) is 4. The topological polar surface area (TPSA) is 84.3 Å². The largest absolute Gasteiger partial charge is 0.358 e. The van der Waals surface area contributed by atoms with Crippen molar-refractivity contribution >= 4 is 27.5 Å². The van der Waals surface area contributed by atoms with Crippen LogP contribution in [0.5, 0.6) is 0 Å². The van der Waals surface area contributed by atoms with Gasteiger partial charge in [-0.15, -0.1) is 0 Å². The lowest BCUT2D eigenvalue weighted by molar-refractivity contribution is -0.385. The van der Waals surface area contributed by atoms with Gasteiger partial charge in [0.15, 0.2) is 0 Å². The van der Waals surface area contributed by atoms with Crippen LogP contribution in [0.2, 0.25) is 0 Å². The number of nitro groups is 1. The van der Waals surface area contributed by atoms with Crippen LogP contribution in [-0.2, 0) is 11.3 Å². The molecule has 0 bridgehead atoms. The van der Waals surface area contributed by atoms with Crippen molar-refractivity contribution in [2.24, 2.45) is 0 Å². The molecular weight excluding hydrogens is 290 g/mol. The Hall–Kier alpha value is -1.47. The number of halogens is 1. The van der Waals surface area contributed by atoms with Crippen molar-refractivity contribution in [3.8, 4) is 0 Å². The zero-order chi connectivity index (χ0) is 12.8. The van der Waals surface area contributed by atoms with Gasteiger partial charge in [0, 0.05) is 30.2 Å². The second-order valence-electron chi connectivity index (χ2n) is 3.35. The summed E-state index contributed by atoms with van der Waals surface area (Å²) in [5.74, 6) is -0.130. The summed E-state index contributed by atoms with van der Waals surface area (Å²) in [4.78, 5) is 21.1. The van der Waals surface area contributed by atoms with Crippen molar-refractivity contribution in [1.82, 2.24) is 10.6 Å². The second kappa shape index (κ2) is 6.31. The molecule has 17 heavy (non-hydrogen) atoms. The number of hydrogen-bond donors (Lipinski definition) is 2. The van der Waals surface area contributed by atoms with Crippen molar-refractivity contribution < 1.29 is 9.72 Å². The minimum atomic E-state index is -0.451. The predicted octanol–water partition coefficient (Wildman–Crippen LogP) is 1.19. The van der Waals surface area contributed by atoms with Crippen LogP contribution in [0.1, 0.15) is 5.56 Å². The molecule has 0 saturated carbocycles. The van der Waals surface area contributed by atoms with E-state index in [0.717, 1.165) is 5.56 Å². The molecule has 1 rings (SSSR count). The summed E-state index contributed by atoms with van der Waals surface area (Å²) in [6, 6.07) is 4.67. The lowest BCUT2D eigenvalue weighted by Crippen LogP contribution is -2.30. The van der Waals surface area contributed by atoms with Gasteiger partial charge in [0.25, 0.3) is 5.69 Å². The monoisotopic (exact) mass is 301 g/mol. The van der Waals surface area contributed by atoms with Gasteiger partial charge in [-0.05, 0) is 11.6 Å². The van der Waals surface area contributed by atoms with Crippen molar-refractivity contribution in [3.63, 3.8) is 0 Å². The smallest absolute Gasteiger partial charge is 0.270 e. The van der Waals surface area contributed by atoms with E-state index in [1.54, 1.807) is 13.1 Å². The number of benzene rings is 1. The van der Waals surface area contributed by atoms with E-state index in [4.69, 9.17) is 0 Å². The molecule has 1 aromatic rings. The first-order valence-electron chi connectivity index (χ1n) is 4.88. The zero-order valence-corrected chi connectivity index (χ0v) is 10.8. The summed E-state index contributed by atoms with van der Waals surface area (Å²) < 4.78 is 0.642. The number of nitrogens with zero attached hydrogens (tertiary/aromatic N) is 1. The Balaban J connectivity index is 2.65. The predicted molar refractivity (Wildman–Crippen MR) is 66.6 cm³/mol. The highest BCUT2D eigenvalue weighted by molar-refractivity contribution is 9.10. The first kappa shape index (κ1) is 13.6. The number of likely N-dealkylation sites (N-methyl/N-ethyl adjacent to an activating group) is 1. The van der Waals surface area contributed by atoms with Crippen LogP contribution in [0, 0.1) is 10.1 Å². The number of amides is 1. The SMILES string of the molecule is CNC(=O)CNCc1cc(Br)cc([N+](=O)[O-])c1. The minimum Gasteiger partial charge on any atom is -0.358 e. The van der Waals surface area contributed by atoms with Crippen LogP contribution >= 0.6 is 15.9 Å². The highest BCUT2D eigenvalue weighted by atomic mass is 79.9. The lowest BCUT2D eigenvalue weighted by Gasteiger charge is -2.04. The third-order valence-electron chi connectivity index (χ3n) is 2.05. The minimum absolute atomic E-state index is 0.0242. The molecule has 92 valence electrons. The molecule has 1 aromatic carbocycles. The van der Waals surface area contributed by atoms with E-state index in [1.165, 1.54) is 12.1 Å². The molecule has 0 fully saturated rings. The Morgan fingerprint density at radius 1 is 1.47 bits per heavy atom. The highest BCUT2D eigenvalue weighted by Gasteiger charge is 2.08. The van der Waals surface area contributed by atoms with Gasteiger partial charge < -0.3 is 10.6 Å². The number of rotatable bonds is 5. The van der Waals surface area contributed by atoms with E-state index < -0.39 is 4.92 Å². The summed E-state index contributed by atoms with van der Waals surface area (Å²) >= 11 is 3.20. The van der Waals surface area contributed by atoms with Gasteiger partial charge >= 0.3 is 0 Å². The van der Waals surface area contributed by atoms with Crippen LogP contribution in [0.3, 0.4) is 0 Å². The highest BCUT2D eigenvalue weighted by Crippen LogP contribution is 2.21. The molecule has 1 amide bonds. The standard InChI is InChI=1S/C10H12BrN3O3/c1-12-10(15)6-13-5-7-2-8(11)4-9(3-7)14(16)17/h2-4,13H,5-6H2,1H3,(H,12,15). The maximum atomic E-state index is 11.0. The molecule has 0 aliphatic heterocycles. The summed E-state index contributed by atoms with van der Waals surface area (Å²) in [6.45, 7) is 0.574. The Morgan fingerprint density at radius 2 is 2.18 bits per heavy atom. The number of non-ortho nitro benzene ring substituents is 1. The summed E-state index contributed by atoms with van der Waals surface area (Å²) in [6.07, 6.45) is 0. The first-order valence-corrected chi connectivity index (χ1v) is 5.67. The van der Waals surface area contributed by atoms with Crippen LogP contribution < -0.4 is 10.6 Å². The Bertz CT molecular complexity index is 437. The average Bonchev–Trinajstić information content (AvgIpc) is 2.28. The van der Waals surface area contributed by atoms with E-state index in [-0.39, 0.29) is 18.1 Å². The van der Waals surface area contributed by atoms with Gasteiger partial charge in [0.1, 0.15) is 0 Å². The van der Waals surface area contributed by atoms with E-state index in [0.29, 0.717) is 11.0 Å². The molecule has 7 heteroatoms. The molecule has 0 saturated heterocycles. The molecule has 0 unspecified atom stereocenters. The number of nitrogens with one attached hydrogen (secondary N) is 2. The van der Waals surface area contributed by atoms with E-state index in [9.17, 15) is 14.9 Å². The van der Waals surface area contributed by atoms with E-state index in [1.807, 2.05) is 0 Å².